The Morgan fingerprint density at radius 2 is 1.89 bits per heavy atom. The molecule has 0 spiro atoms. The van der Waals surface area contributed by atoms with Gasteiger partial charge in [-0.1, -0.05) is 12.1 Å². The maximum atomic E-state index is 12.9. The monoisotopic (exact) mass is 402 g/mol. The number of thiophene rings is 1. The number of hydrogen-bond acceptors (Lipinski definition) is 5. The highest BCUT2D eigenvalue weighted by Gasteiger charge is 2.26. The fourth-order valence-electron chi connectivity index (χ4n) is 3.40. The van der Waals surface area contributed by atoms with Gasteiger partial charge >= 0.3 is 0 Å². The molecule has 0 aliphatic heterocycles. The summed E-state index contributed by atoms with van der Waals surface area (Å²) in [5, 5.41) is 6.53. The second kappa shape index (κ2) is 9.71. The van der Waals surface area contributed by atoms with Crippen LogP contribution in [0, 0.1) is 0 Å². The zero-order chi connectivity index (χ0) is 19.9. The van der Waals surface area contributed by atoms with E-state index in [9.17, 15) is 9.59 Å². The van der Waals surface area contributed by atoms with E-state index in [2.05, 4.69) is 10.6 Å². The Morgan fingerprint density at radius 1 is 1.11 bits per heavy atom. The van der Waals surface area contributed by atoms with Crippen molar-refractivity contribution in [3.8, 4) is 5.75 Å². The predicted octanol–water partition coefficient (Wildman–Crippen LogP) is 3.65. The number of carbonyl (C=O) groups is 2. The van der Waals surface area contributed by atoms with E-state index in [1.807, 2.05) is 6.07 Å². The van der Waals surface area contributed by atoms with Crippen molar-refractivity contribution in [2.24, 2.45) is 0 Å². The molecule has 0 saturated heterocycles. The average molecular weight is 403 g/mol. The minimum Gasteiger partial charge on any atom is -0.496 e. The summed E-state index contributed by atoms with van der Waals surface area (Å²) >= 11 is 1.51. The largest absolute Gasteiger partial charge is 0.496 e. The van der Waals surface area contributed by atoms with Crippen molar-refractivity contribution in [1.82, 2.24) is 5.32 Å². The van der Waals surface area contributed by atoms with Gasteiger partial charge in [-0.25, -0.2) is 0 Å². The van der Waals surface area contributed by atoms with Gasteiger partial charge in [-0.15, -0.1) is 11.3 Å². The first kappa shape index (κ1) is 20.4. The first-order chi connectivity index (χ1) is 13.7. The van der Waals surface area contributed by atoms with Crippen LogP contribution in [0.3, 0.4) is 0 Å². The van der Waals surface area contributed by atoms with Crippen molar-refractivity contribution in [3.63, 3.8) is 0 Å². The Morgan fingerprint density at radius 3 is 2.68 bits per heavy atom. The third-order valence-corrected chi connectivity index (χ3v) is 6.00. The molecular formula is C21H26N2O4S. The molecule has 3 rings (SSSR count). The van der Waals surface area contributed by atoms with Gasteiger partial charge in [0.05, 0.1) is 18.2 Å². The van der Waals surface area contributed by atoms with E-state index in [4.69, 9.17) is 9.47 Å². The highest BCUT2D eigenvalue weighted by Crippen LogP contribution is 2.38. The molecule has 2 aromatic rings. The summed E-state index contributed by atoms with van der Waals surface area (Å²) in [7, 11) is 3.18. The molecule has 0 atom stereocenters. The highest BCUT2D eigenvalue weighted by molar-refractivity contribution is 7.17. The van der Waals surface area contributed by atoms with Crippen LogP contribution < -0.4 is 15.4 Å². The Balaban J connectivity index is 1.84. The molecule has 0 radical (unpaired) electrons. The number of aryl methyl sites for hydroxylation is 1. The van der Waals surface area contributed by atoms with Crippen LogP contribution in [-0.2, 0) is 17.6 Å². The number of anilines is 1. The molecule has 28 heavy (non-hydrogen) atoms. The molecule has 1 heterocycles. The predicted molar refractivity (Wildman–Crippen MR) is 111 cm³/mol. The van der Waals surface area contributed by atoms with E-state index in [0.717, 1.165) is 37.7 Å². The Kier molecular flexibility index (Phi) is 7.06. The normalized spacial score (nSPS) is 12.9. The Bertz CT molecular complexity index is 847. The minimum atomic E-state index is -0.274. The lowest BCUT2D eigenvalue weighted by Gasteiger charge is -2.13. The van der Waals surface area contributed by atoms with Gasteiger partial charge in [-0.05, 0) is 49.8 Å². The fourth-order valence-corrected chi connectivity index (χ4v) is 4.69. The molecule has 2 N–H and O–H groups in total. The van der Waals surface area contributed by atoms with Crippen molar-refractivity contribution >= 4 is 28.2 Å². The number of para-hydroxylation sites is 1. The number of hydrogen-bond donors (Lipinski definition) is 2. The van der Waals surface area contributed by atoms with Crippen LogP contribution in [0.25, 0.3) is 0 Å². The van der Waals surface area contributed by atoms with Gasteiger partial charge in [0.25, 0.3) is 11.8 Å². The lowest BCUT2D eigenvalue weighted by Crippen LogP contribution is -2.27. The molecule has 6 nitrogen and oxygen atoms in total. The molecule has 0 fully saturated rings. The highest BCUT2D eigenvalue weighted by atomic mass is 32.1. The molecule has 0 saturated carbocycles. The molecule has 1 aliphatic carbocycles. The Labute approximate surface area is 169 Å². The molecule has 0 bridgehead atoms. The number of ether oxygens (including phenoxy) is 2. The number of rotatable bonds is 8. The lowest BCUT2D eigenvalue weighted by molar-refractivity contribution is 0.0948. The van der Waals surface area contributed by atoms with Crippen molar-refractivity contribution in [2.75, 3.05) is 32.7 Å². The van der Waals surface area contributed by atoms with Crippen LogP contribution in [0.1, 0.15) is 50.4 Å². The van der Waals surface area contributed by atoms with E-state index >= 15 is 0 Å². The van der Waals surface area contributed by atoms with Gasteiger partial charge in [0.1, 0.15) is 10.8 Å². The van der Waals surface area contributed by atoms with E-state index in [-0.39, 0.29) is 11.8 Å². The zero-order valence-electron chi connectivity index (χ0n) is 16.3. The van der Waals surface area contributed by atoms with Crippen molar-refractivity contribution in [2.45, 2.75) is 32.1 Å². The van der Waals surface area contributed by atoms with Crippen LogP contribution in [0.5, 0.6) is 5.75 Å². The summed E-state index contributed by atoms with van der Waals surface area (Å²) in [6.07, 6.45) is 4.75. The first-order valence-electron chi connectivity index (χ1n) is 9.51. The van der Waals surface area contributed by atoms with Crippen molar-refractivity contribution in [3.05, 3.63) is 45.8 Å². The summed E-state index contributed by atoms with van der Waals surface area (Å²) < 4.78 is 10.3. The third kappa shape index (κ3) is 4.54. The molecule has 1 aromatic carbocycles. The van der Waals surface area contributed by atoms with Gasteiger partial charge in [0, 0.05) is 25.1 Å². The number of fused-ring (bicyclic) bond motifs is 1. The zero-order valence-corrected chi connectivity index (χ0v) is 17.1. The fraction of sp³-hybridized carbons (Fsp3) is 0.429. The van der Waals surface area contributed by atoms with E-state index in [1.165, 1.54) is 23.3 Å². The smallest absolute Gasteiger partial charge is 0.260 e. The number of carbonyl (C=O) groups excluding carboxylic acids is 2. The maximum absolute atomic E-state index is 12.9. The van der Waals surface area contributed by atoms with Crippen LogP contribution in [0.4, 0.5) is 5.00 Å². The molecule has 150 valence electrons. The first-order valence-corrected chi connectivity index (χ1v) is 10.3. The van der Waals surface area contributed by atoms with Crippen molar-refractivity contribution in [1.29, 1.82) is 0 Å². The number of methoxy groups -OCH3 is 2. The van der Waals surface area contributed by atoms with E-state index in [0.29, 0.717) is 35.0 Å². The summed E-state index contributed by atoms with van der Waals surface area (Å²) in [5.74, 6) is 0.0993. The molecule has 7 heteroatoms. The minimum absolute atomic E-state index is 0.133. The molecule has 1 aliphatic rings. The van der Waals surface area contributed by atoms with Gasteiger partial charge in [-0.2, -0.15) is 0 Å². The third-order valence-electron chi connectivity index (χ3n) is 4.79. The topological polar surface area (TPSA) is 76.7 Å². The Hall–Kier alpha value is -2.38. The van der Waals surface area contributed by atoms with Gasteiger partial charge < -0.3 is 20.1 Å². The summed E-state index contributed by atoms with van der Waals surface area (Å²) in [5.41, 5.74) is 2.14. The quantitative estimate of drug-likeness (QED) is 0.661. The van der Waals surface area contributed by atoms with E-state index in [1.54, 1.807) is 25.3 Å². The number of nitrogens with one attached hydrogen (secondary N) is 2. The van der Waals surface area contributed by atoms with Crippen LogP contribution in [0.2, 0.25) is 0 Å². The molecule has 0 unspecified atom stereocenters. The summed E-state index contributed by atoms with van der Waals surface area (Å²) in [4.78, 5) is 26.9. The standard InChI is InChI=1S/C21H26N2O4S/c1-26-13-7-12-22-20(25)18-15-9-4-6-11-17(15)28-21(18)23-19(24)14-8-3-5-10-16(14)27-2/h3,5,8,10H,4,6-7,9,11-13H2,1-2H3,(H,22,25)(H,23,24). The number of amides is 2. The molecule has 2 amide bonds. The van der Waals surface area contributed by atoms with Gasteiger partial charge in [0.15, 0.2) is 0 Å². The van der Waals surface area contributed by atoms with Gasteiger partial charge in [-0.3, -0.25) is 9.59 Å². The van der Waals surface area contributed by atoms with Crippen LogP contribution >= 0.6 is 11.3 Å². The summed E-state index contributed by atoms with van der Waals surface area (Å²) in [6, 6.07) is 7.07. The SMILES string of the molecule is COCCCNC(=O)c1c(NC(=O)c2ccccc2OC)sc2c1CCCC2. The van der Waals surface area contributed by atoms with Crippen LogP contribution in [0.15, 0.2) is 24.3 Å². The molecule has 1 aromatic heterocycles. The molecular weight excluding hydrogens is 376 g/mol. The average Bonchev–Trinajstić information content (AvgIpc) is 3.08. The van der Waals surface area contributed by atoms with Crippen molar-refractivity contribution < 1.29 is 19.1 Å². The maximum Gasteiger partial charge on any atom is 0.260 e. The second-order valence-electron chi connectivity index (χ2n) is 6.67. The van der Waals surface area contributed by atoms with E-state index < -0.39 is 0 Å². The number of benzene rings is 1. The van der Waals surface area contributed by atoms with Gasteiger partial charge in [0.2, 0.25) is 0 Å². The lowest BCUT2D eigenvalue weighted by atomic mass is 9.95. The second-order valence-corrected chi connectivity index (χ2v) is 7.78. The van der Waals surface area contributed by atoms with Crippen LogP contribution in [-0.4, -0.2) is 39.2 Å². The summed E-state index contributed by atoms with van der Waals surface area (Å²) in [6.45, 7) is 1.14.